The predicted octanol–water partition coefficient (Wildman–Crippen LogP) is 6.96. The molecular weight excluding hydrogens is 578 g/mol. The number of aromatic nitrogens is 2. The summed E-state index contributed by atoms with van der Waals surface area (Å²) in [6, 6.07) is 9.50. The van der Waals surface area contributed by atoms with Gasteiger partial charge in [-0.15, -0.1) is 23.7 Å². The lowest BCUT2D eigenvalue weighted by atomic mass is 9.97. The number of benzene rings is 2. The Morgan fingerprint density at radius 1 is 1.05 bits per heavy atom. The number of hydrogen-bond acceptors (Lipinski definition) is 4. The summed E-state index contributed by atoms with van der Waals surface area (Å²) < 4.78 is 82.0. The average Bonchev–Trinajstić information content (AvgIpc) is 3.48. The van der Waals surface area contributed by atoms with Crippen molar-refractivity contribution < 1.29 is 31.1 Å². The molecule has 0 radical (unpaired) electrons. The highest BCUT2D eigenvalue weighted by Crippen LogP contribution is 2.42. The number of aryl methyl sites for hydroxylation is 1. The summed E-state index contributed by atoms with van der Waals surface area (Å²) >= 11 is 1.47. The summed E-state index contributed by atoms with van der Waals surface area (Å²) in [5, 5.41) is 3.79. The van der Waals surface area contributed by atoms with Gasteiger partial charge >= 0.3 is 12.4 Å². The zero-order chi connectivity index (χ0) is 27.9. The fraction of sp³-hybridized carbons (Fsp3) is 0.333. The van der Waals surface area contributed by atoms with E-state index in [1.54, 1.807) is 0 Å². The molecule has 1 aliphatic heterocycles. The van der Waals surface area contributed by atoms with Crippen LogP contribution in [0.5, 0.6) is 0 Å². The van der Waals surface area contributed by atoms with Crippen molar-refractivity contribution in [2.45, 2.75) is 38.3 Å². The lowest BCUT2D eigenvalue weighted by Gasteiger charge is -2.41. The van der Waals surface area contributed by atoms with Gasteiger partial charge in [-0.3, -0.25) is 9.69 Å². The van der Waals surface area contributed by atoms with Crippen molar-refractivity contribution >= 4 is 40.6 Å². The van der Waals surface area contributed by atoms with Crippen molar-refractivity contribution in [3.8, 4) is 0 Å². The van der Waals surface area contributed by atoms with Crippen LogP contribution in [-0.2, 0) is 25.3 Å². The Labute approximate surface area is 236 Å². The number of hydrogen-bond donors (Lipinski definition) is 1. The number of carbonyl (C=O) groups is 1. The lowest BCUT2D eigenvalue weighted by molar-refractivity contribution is -0.162. The molecule has 1 N–H and O–H groups in total. The second kappa shape index (κ2) is 11.4. The van der Waals surface area contributed by atoms with Crippen LogP contribution in [0.1, 0.15) is 37.7 Å². The number of para-hydroxylation sites is 1. The zero-order valence-corrected chi connectivity index (χ0v) is 22.8. The highest BCUT2D eigenvalue weighted by Gasteiger charge is 2.46. The van der Waals surface area contributed by atoms with Gasteiger partial charge in [-0.1, -0.05) is 24.3 Å². The third kappa shape index (κ3) is 6.13. The number of nitrogens with one attached hydrogen (secondary N) is 1. The van der Waals surface area contributed by atoms with Gasteiger partial charge in [-0.25, -0.2) is 4.98 Å². The van der Waals surface area contributed by atoms with Gasteiger partial charge in [0.2, 0.25) is 0 Å². The standard InChI is InChI=1S/C27H24F6N4OS.ClH/c1-16-35-18(15-39-16)11-19-14-37(10-9-36(19)13-17-12-34-23-8-3-2-5-20(17)23)25(38)21-6-4-7-22(26(28,29)30)24(21)27(31,32)33;/h2-8,12,15,19,34H,9-11,13-14H2,1H3;1H. The van der Waals surface area contributed by atoms with Gasteiger partial charge in [0.15, 0.2) is 0 Å². The van der Waals surface area contributed by atoms with E-state index < -0.39 is 35.0 Å². The highest BCUT2D eigenvalue weighted by atomic mass is 35.5. The maximum atomic E-state index is 13.8. The van der Waals surface area contributed by atoms with Crippen LogP contribution >= 0.6 is 23.7 Å². The minimum absolute atomic E-state index is 0. The fourth-order valence-corrected chi connectivity index (χ4v) is 5.77. The van der Waals surface area contributed by atoms with E-state index >= 15 is 0 Å². The Hall–Kier alpha value is -3.09. The van der Waals surface area contributed by atoms with Crippen LogP contribution in [0.2, 0.25) is 0 Å². The van der Waals surface area contributed by atoms with E-state index in [-0.39, 0.29) is 31.5 Å². The first-order chi connectivity index (χ1) is 18.4. The number of fused-ring (bicyclic) bond motifs is 1. The number of thiazole rings is 1. The van der Waals surface area contributed by atoms with E-state index in [2.05, 4.69) is 14.9 Å². The third-order valence-corrected chi connectivity index (χ3v) is 7.76. The largest absolute Gasteiger partial charge is 0.417 e. The molecule has 1 amide bonds. The summed E-state index contributed by atoms with van der Waals surface area (Å²) in [7, 11) is 0. The molecule has 1 atom stereocenters. The maximum Gasteiger partial charge on any atom is 0.417 e. The molecule has 1 unspecified atom stereocenters. The van der Waals surface area contributed by atoms with Crippen LogP contribution in [0.3, 0.4) is 0 Å². The van der Waals surface area contributed by atoms with Gasteiger partial charge in [0.25, 0.3) is 5.91 Å². The predicted molar refractivity (Wildman–Crippen MR) is 143 cm³/mol. The normalized spacial score (nSPS) is 16.8. The van der Waals surface area contributed by atoms with Crippen molar-refractivity contribution in [3.05, 3.63) is 87.0 Å². The number of nitrogens with zero attached hydrogens (tertiary/aromatic N) is 3. The molecule has 0 spiro atoms. The Morgan fingerprint density at radius 2 is 1.80 bits per heavy atom. The molecule has 1 aliphatic rings. The molecule has 3 heterocycles. The van der Waals surface area contributed by atoms with Crippen LogP contribution in [0, 0.1) is 6.92 Å². The first-order valence-electron chi connectivity index (χ1n) is 12.2. The molecule has 4 aromatic rings. The number of amides is 1. The van der Waals surface area contributed by atoms with Crippen molar-refractivity contribution in [2.24, 2.45) is 0 Å². The Balaban J connectivity index is 0.00000370. The Kier molecular flexibility index (Phi) is 8.53. The minimum atomic E-state index is -5.36. The lowest BCUT2D eigenvalue weighted by Crippen LogP contribution is -2.55. The molecule has 2 aromatic carbocycles. The number of rotatable bonds is 5. The summed E-state index contributed by atoms with van der Waals surface area (Å²) in [6.07, 6.45) is -8.27. The zero-order valence-electron chi connectivity index (χ0n) is 21.1. The molecule has 1 fully saturated rings. The molecule has 214 valence electrons. The quantitative estimate of drug-likeness (QED) is 0.251. The van der Waals surface area contributed by atoms with Gasteiger partial charge < -0.3 is 9.88 Å². The first kappa shape index (κ1) is 29.9. The molecule has 1 saturated heterocycles. The molecule has 5 rings (SSSR count). The van der Waals surface area contributed by atoms with E-state index in [9.17, 15) is 31.1 Å². The Morgan fingerprint density at radius 3 is 2.48 bits per heavy atom. The second-order valence-electron chi connectivity index (χ2n) is 9.52. The van der Waals surface area contributed by atoms with Crippen molar-refractivity contribution in [3.63, 3.8) is 0 Å². The molecule has 2 aromatic heterocycles. The number of H-pyrrole nitrogens is 1. The maximum absolute atomic E-state index is 13.8. The topological polar surface area (TPSA) is 52.2 Å². The number of alkyl halides is 6. The van der Waals surface area contributed by atoms with E-state index in [1.165, 1.54) is 16.2 Å². The van der Waals surface area contributed by atoms with E-state index in [1.807, 2.05) is 42.8 Å². The number of piperazine rings is 1. The molecule has 13 heteroatoms. The molecule has 0 saturated carbocycles. The third-order valence-electron chi connectivity index (χ3n) is 6.94. The molecule has 5 nitrogen and oxygen atoms in total. The molecule has 0 aliphatic carbocycles. The van der Waals surface area contributed by atoms with Crippen LogP contribution in [0.15, 0.2) is 54.0 Å². The summed E-state index contributed by atoms with van der Waals surface area (Å²) in [4.78, 5) is 24.5. The monoisotopic (exact) mass is 602 g/mol. The van der Waals surface area contributed by atoms with Gasteiger partial charge in [0.05, 0.1) is 27.4 Å². The van der Waals surface area contributed by atoms with Crippen LogP contribution in [0.4, 0.5) is 26.3 Å². The SMILES string of the molecule is Cc1nc(CC2CN(C(=O)c3cccc(C(F)(F)F)c3C(F)(F)F)CCN2Cc2c[nH]c3ccccc23)cs1.Cl. The first-order valence-corrected chi connectivity index (χ1v) is 13.1. The number of halogens is 7. The van der Waals surface area contributed by atoms with Gasteiger partial charge in [0.1, 0.15) is 0 Å². The van der Waals surface area contributed by atoms with Crippen molar-refractivity contribution in [1.82, 2.24) is 19.8 Å². The summed E-state index contributed by atoms with van der Waals surface area (Å²) in [5.41, 5.74) is -2.02. The van der Waals surface area contributed by atoms with Crippen molar-refractivity contribution in [1.29, 1.82) is 0 Å². The number of carbonyl (C=O) groups excluding carboxylic acids is 1. The van der Waals surface area contributed by atoms with Gasteiger partial charge in [-0.2, -0.15) is 26.3 Å². The number of aromatic amines is 1. The average molecular weight is 603 g/mol. The summed E-state index contributed by atoms with van der Waals surface area (Å²) in [6.45, 7) is 2.84. The van der Waals surface area contributed by atoms with E-state index in [0.717, 1.165) is 39.3 Å². The van der Waals surface area contributed by atoms with E-state index in [0.29, 0.717) is 25.6 Å². The fourth-order valence-electron chi connectivity index (χ4n) is 5.15. The van der Waals surface area contributed by atoms with Crippen LogP contribution in [-0.4, -0.2) is 51.4 Å². The molecule has 0 bridgehead atoms. The van der Waals surface area contributed by atoms with Gasteiger partial charge in [-0.05, 0) is 30.7 Å². The minimum Gasteiger partial charge on any atom is -0.361 e. The highest BCUT2D eigenvalue weighted by molar-refractivity contribution is 7.09. The van der Waals surface area contributed by atoms with Gasteiger partial charge in [0, 0.05) is 61.1 Å². The Bertz CT molecular complexity index is 1500. The molecular formula is C27H25ClF6N4OS. The van der Waals surface area contributed by atoms with E-state index in [4.69, 9.17) is 0 Å². The van der Waals surface area contributed by atoms with Crippen LogP contribution in [0.25, 0.3) is 10.9 Å². The summed E-state index contributed by atoms with van der Waals surface area (Å²) in [5.74, 6) is -1.07. The smallest absolute Gasteiger partial charge is 0.361 e. The van der Waals surface area contributed by atoms with Crippen LogP contribution < -0.4 is 0 Å². The van der Waals surface area contributed by atoms with Crippen molar-refractivity contribution in [2.75, 3.05) is 19.6 Å². The second-order valence-corrected chi connectivity index (χ2v) is 10.6. The molecule has 40 heavy (non-hydrogen) atoms.